The van der Waals surface area contributed by atoms with Crippen molar-refractivity contribution in [1.82, 2.24) is 5.32 Å². The van der Waals surface area contributed by atoms with E-state index in [-0.39, 0.29) is 0 Å². The van der Waals surface area contributed by atoms with Crippen LogP contribution in [0.1, 0.15) is 22.3 Å². The number of rotatable bonds is 6. The maximum absolute atomic E-state index is 5.20. The van der Waals surface area contributed by atoms with Gasteiger partial charge in [-0.1, -0.05) is 30.3 Å². The summed E-state index contributed by atoms with van der Waals surface area (Å²) in [5.41, 5.74) is 5.45. The molecule has 0 amide bonds. The predicted molar refractivity (Wildman–Crippen MR) is 89.2 cm³/mol. The molecule has 0 fully saturated rings. The van der Waals surface area contributed by atoms with E-state index in [1.807, 2.05) is 19.2 Å². The molecule has 0 aliphatic heterocycles. The highest BCUT2D eigenvalue weighted by Gasteiger charge is 2.09. The lowest BCUT2D eigenvalue weighted by Crippen LogP contribution is -2.29. The molecule has 1 unspecified atom stereocenters. The second-order valence-electron chi connectivity index (χ2n) is 5.66. The number of benzene rings is 2. The van der Waals surface area contributed by atoms with Crippen molar-refractivity contribution in [3.05, 3.63) is 64.7 Å². The van der Waals surface area contributed by atoms with Crippen molar-refractivity contribution in [2.75, 3.05) is 14.2 Å². The molecule has 1 N–H and O–H groups in total. The Labute approximate surface area is 128 Å². The number of hydrogen-bond donors (Lipinski definition) is 1. The number of aryl methyl sites for hydroxylation is 2. The second kappa shape index (κ2) is 7.28. The van der Waals surface area contributed by atoms with E-state index in [2.05, 4.69) is 49.5 Å². The molecule has 0 aliphatic carbocycles. The molecule has 112 valence electrons. The summed E-state index contributed by atoms with van der Waals surface area (Å²) in [5, 5.41) is 3.43. The second-order valence-corrected chi connectivity index (χ2v) is 5.66. The van der Waals surface area contributed by atoms with Crippen LogP contribution >= 0.6 is 0 Å². The fourth-order valence-corrected chi connectivity index (χ4v) is 2.54. The minimum absolute atomic E-state index is 0.445. The highest BCUT2D eigenvalue weighted by atomic mass is 16.5. The van der Waals surface area contributed by atoms with Crippen LogP contribution in [-0.4, -0.2) is 20.2 Å². The van der Waals surface area contributed by atoms with Crippen LogP contribution in [-0.2, 0) is 12.8 Å². The molecule has 0 aliphatic rings. The average Bonchev–Trinajstić information content (AvgIpc) is 2.51. The van der Waals surface area contributed by atoms with Crippen molar-refractivity contribution in [1.29, 1.82) is 0 Å². The quantitative estimate of drug-likeness (QED) is 0.873. The summed E-state index contributed by atoms with van der Waals surface area (Å²) in [5.74, 6) is 0.911. The molecule has 1 atom stereocenters. The van der Waals surface area contributed by atoms with E-state index in [0.29, 0.717) is 6.04 Å². The zero-order chi connectivity index (χ0) is 15.2. The van der Waals surface area contributed by atoms with E-state index in [1.54, 1.807) is 7.11 Å². The summed E-state index contributed by atoms with van der Waals surface area (Å²) < 4.78 is 5.20. The topological polar surface area (TPSA) is 21.3 Å². The van der Waals surface area contributed by atoms with E-state index in [1.165, 1.54) is 22.3 Å². The SMILES string of the molecule is CNC(Cc1ccc(OC)cc1)Cc1ccc(C)c(C)c1. The molecular formula is C19H25NO. The third kappa shape index (κ3) is 4.33. The first-order valence-corrected chi connectivity index (χ1v) is 7.48. The number of nitrogens with one attached hydrogen (secondary N) is 1. The van der Waals surface area contributed by atoms with Gasteiger partial charge in [0.1, 0.15) is 5.75 Å². The molecule has 0 aromatic heterocycles. The highest BCUT2D eigenvalue weighted by molar-refractivity contribution is 5.31. The summed E-state index contributed by atoms with van der Waals surface area (Å²) in [6, 6.07) is 15.5. The normalized spacial score (nSPS) is 12.2. The zero-order valence-corrected chi connectivity index (χ0v) is 13.4. The molecule has 0 saturated heterocycles. The summed E-state index contributed by atoms with van der Waals surface area (Å²) in [6.07, 6.45) is 2.07. The lowest BCUT2D eigenvalue weighted by Gasteiger charge is -2.17. The number of hydrogen-bond acceptors (Lipinski definition) is 2. The molecule has 0 saturated carbocycles. The first-order chi connectivity index (χ1) is 10.1. The van der Waals surface area contributed by atoms with Crippen molar-refractivity contribution in [3.8, 4) is 5.75 Å². The van der Waals surface area contributed by atoms with Crippen LogP contribution in [0.2, 0.25) is 0 Å². The lowest BCUT2D eigenvalue weighted by atomic mass is 9.97. The van der Waals surface area contributed by atoms with Gasteiger partial charge < -0.3 is 10.1 Å². The third-order valence-electron chi connectivity index (χ3n) is 4.10. The van der Waals surface area contributed by atoms with Crippen LogP contribution in [0.4, 0.5) is 0 Å². The Bertz CT molecular complexity index is 575. The summed E-state index contributed by atoms with van der Waals surface area (Å²) in [4.78, 5) is 0. The Balaban J connectivity index is 2.03. The van der Waals surface area contributed by atoms with Crippen molar-refractivity contribution in [2.45, 2.75) is 32.7 Å². The summed E-state index contributed by atoms with van der Waals surface area (Å²) in [6.45, 7) is 4.34. The molecule has 0 spiro atoms. The van der Waals surface area contributed by atoms with Crippen LogP contribution in [0.25, 0.3) is 0 Å². The Hall–Kier alpha value is -1.80. The van der Waals surface area contributed by atoms with E-state index in [0.717, 1.165) is 18.6 Å². The van der Waals surface area contributed by atoms with Crippen molar-refractivity contribution < 1.29 is 4.74 Å². The smallest absolute Gasteiger partial charge is 0.118 e. The van der Waals surface area contributed by atoms with Crippen molar-refractivity contribution in [2.24, 2.45) is 0 Å². The molecule has 2 nitrogen and oxygen atoms in total. The van der Waals surface area contributed by atoms with Crippen LogP contribution < -0.4 is 10.1 Å². The van der Waals surface area contributed by atoms with Gasteiger partial charge in [-0.25, -0.2) is 0 Å². The molecule has 0 bridgehead atoms. The Morgan fingerprint density at radius 2 is 1.52 bits per heavy atom. The van der Waals surface area contributed by atoms with Gasteiger partial charge in [0.2, 0.25) is 0 Å². The molecule has 0 radical (unpaired) electrons. The van der Waals surface area contributed by atoms with Crippen LogP contribution in [0, 0.1) is 13.8 Å². The minimum Gasteiger partial charge on any atom is -0.497 e. The van der Waals surface area contributed by atoms with Crippen molar-refractivity contribution in [3.63, 3.8) is 0 Å². The molecular weight excluding hydrogens is 258 g/mol. The minimum atomic E-state index is 0.445. The van der Waals surface area contributed by atoms with Gasteiger partial charge in [0.05, 0.1) is 7.11 Å². The summed E-state index contributed by atoms with van der Waals surface area (Å²) >= 11 is 0. The predicted octanol–water partition coefficient (Wildman–Crippen LogP) is 3.69. The van der Waals surface area contributed by atoms with Gasteiger partial charge in [-0.15, -0.1) is 0 Å². The fourth-order valence-electron chi connectivity index (χ4n) is 2.54. The van der Waals surface area contributed by atoms with Crippen LogP contribution in [0.3, 0.4) is 0 Å². The molecule has 2 rings (SSSR count). The van der Waals surface area contributed by atoms with Gasteiger partial charge in [-0.05, 0) is 68.1 Å². The third-order valence-corrected chi connectivity index (χ3v) is 4.10. The Morgan fingerprint density at radius 3 is 2.10 bits per heavy atom. The van der Waals surface area contributed by atoms with Gasteiger partial charge in [-0.2, -0.15) is 0 Å². The molecule has 2 aromatic carbocycles. The van der Waals surface area contributed by atoms with E-state index in [9.17, 15) is 0 Å². The summed E-state index contributed by atoms with van der Waals surface area (Å²) in [7, 11) is 3.74. The first kappa shape index (κ1) is 15.6. The van der Waals surface area contributed by atoms with Gasteiger partial charge in [0.15, 0.2) is 0 Å². The molecule has 0 heterocycles. The maximum Gasteiger partial charge on any atom is 0.118 e. The fraction of sp³-hybridized carbons (Fsp3) is 0.368. The Morgan fingerprint density at radius 1 is 0.905 bits per heavy atom. The molecule has 2 aromatic rings. The first-order valence-electron chi connectivity index (χ1n) is 7.48. The van der Waals surface area contributed by atoms with Crippen LogP contribution in [0.15, 0.2) is 42.5 Å². The maximum atomic E-state index is 5.20. The molecule has 2 heteroatoms. The van der Waals surface area contributed by atoms with Gasteiger partial charge in [-0.3, -0.25) is 0 Å². The van der Waals surface area contributed by atoms with E-state index in [4.69, 9.17) is 4.74 Å². The van der Waals surface area contributed by atoms with Crippen molar-refractivity contribution >= 4 is 0 Å². The largest absolute Gasteiger partial charge is 0.497 e. The average molecular weight is 283 g/mol. The number of ether oxygens (including phenoxy) is 1. The van der Waals surface area contributed by atoms with E-state index >= 15 is 0 Å². The highest BCUT2D eigenvalue weighted by Crippen LogP contribution is 2.16. The van der Waals surface area contributed by atoms with Gasteiger partial charge in [0, 0.05) is 6.04 Å². The Kier molecular flexibility index (Phi) is 5.40. The molecule has 21 heavy (non-hydrogen) atoms. The van der Waals surface area contributed by atoms with E-state index < -0.39 is 0 Å². The standard InChI is InChI=1S/C19H25NO/c1-14-5-6-17(11-15(14)2)13-18(20-3)12-16-7-9-19(21-4)10-8-16/h5-11,18,20H,12-13H2,1-4H3. The lowest BCUT2D eigenvalue weighted by molar-refractivity contribution is 0.414. The number of likely N-dealkylation sites (N-methyl/N-ethyl adjacent to an activating group) is 1. The van der Waals surface area contributed by atoms with Gasteiger partial charge >= 0.3 is 0 Å². The monoisotopic (exact) mass is 283 g/mol. The van der Waals surface area contributed by atoms with Crippen LogP contribution in [0.5, 0.6) is 5.75 Å². The number of methoxy groups -OCH3 is 1. The van der Waals surface area contributed by atoms with Gasteiger partial charge in [0.25, 0.3) is 0 Å². The zero-order valence-electron chi connectivity index (χ0n) is 13.4.